The minimum atomic E-state index is 0. The van der Waals surface area contributed by atoms with Gasteiger partial charge in [-0.3, -0.25) is 11.3 Å². The van der Waals surface area contributed by atoms with Gasteiger partial charge in [-0.2, -0.15) is 30.3 Å². The fourth-order valence-corrected chi connectivity index (χ4v) is 2.57. The summed E-state index contributed by atoms with van der Waals surface area (Å²) >= 11 is 1.76. The van der Waals surface area contributed by atoms with Crippen LogP contribution in [-0.2, 0) is 20.1 Å². The maximum absolute atomic E-state index is 3.40. The maximum Gasteiger partial charge on any atom is 0 e. The van der Waals surface area contributed by atoms with Gasteiger partial charge in [-0.1, -0.05) is 16.8 Å². The summed E-state index contributed by atoms with van der Waals surface area (Å²) in [5, 5.41) is 1.19. The quantitative estimate of drug-likeness (QED) is 0.538. The Balaban J connectivity index is 0.000000963. The van der Waals surface area contributed by atoms with Crippen LogP contribution in [0.1, 0.15) is 0 Å². The normalized spacial score (nSPS) is 10.0. The van der Waals surface area contributed by atoms with Crippen molar-refractivity contribution in [3.8, 4) is 10.4 Å². The molecule has 0 bridgehead atoms. The monoisotopic (exact) mass is 401 g/mol. The predicted octanol–water partition coefficient (Wildman–Crippen LogP) is 4.17. The van der Waals surface area contributed by atoms with E-state index in [1.807, 2.05) is 24.3 Å². The minimum absolute atomic E-state index is 0. The number of benzene rings is 2. The van der Waals surface area contributed by atoms with E-state index in [0.717, 1.165) is 10.4 Å². The average molecular weight is 401 g/mol. The van der Waals surface area contributed by atoms with Gasteiger partial charge >= 0.3 is 0 Å². The Morgan fingerprint density at radius 2 is 1.75 bits per heavy atom. The predicted molar refractivity (Wildman–Crippen MR) is 64.9 cm³/mol. The first kappa shape index (κ1) is 11.5. The van der Waals surface area contributed by atoms with Gasteiger partial charge in [0.05, 0.1) is 0 Å². The van der Waals surface area contributed by atoms with Gasteiger partial charge in [-0.25, -0.2) is 5.56 Å². The molecule has 2 aromatic carbocycles. The van der Waals surface area contributed by atoms with Crippen molar-refractivity contribution < 1.29 is 20.1 Å². The van der Waals surface area contributed by atoms with Crippen LogP contribution in [0.2, 0.25) is 0 Å². The van der Waals surface area contributed by atoms with Crippen molar-refractivity contribution in [2.75, 3.05) is 0 Å². The molecule has 0 amide bonds. The summed E-state index contributed by atoms with van der Waals surface area (Å²) in [5.74, 6) is 0. The number of hydrogen-bond donors (Lipinski definition) is 0. The molecule has 0 aliphatic heterocycles. The molecule has 0 N–H and O–H groups in total. The van der Waals surface area contributed by atoms with E-state index in [9.17, 15) is 0 Å². The Bertz CT molecular complexity index is 551. The second-order valence-corrected chi connectivity index (χ2v) is 4.38. The molecule has 81 valence electrons. The molecule has 0 atom stereocenters. The van der Waals surface area contributed by atoms with Gasteiger partial charge in [0.15, 0.2) is 0 Å². The zero-order valence-electron chi connectivity index (χ0n) is 8.36. The van der Waals surface area contributed by atoms with Crippen molar-refractivity contribution in [3.63, 3.8) is 0 Å². The van der Waals surface area contributed by atoms with Gasteiger partial charge in [0, 0.05) is 20.1 Å². The van der Waals surface area contributed by atoms with Crippen molar-refractivity contribution in [2.24, 2.45) is 0 Å². The third-order valence-corrected chi connectivity index (χ3v) is 3.40. The largest absolute Gasteiger partial charge is 0.259 e. The van der Waals surface area contributed by atoms with Crippen LogP contribution in [0.4, 0.5) is 0 Å². The Hall–Kier alpha value is -0.951. The zero-order valence-corrected chi connectivity index (χ0v) is 11.6. The Morgan fingerprint density at radius 3 is 2.50 bits per heavy atom. The van der Waals surface area contributed by atoms with E-state index in [4.69, 9.17) is 0 Å². The molecule has 1 aromatic heterocycles. The first-order valence-electron chi connectivity index (χ1n) is 4.81. The fourth-order valence-electron chi connectivity index (χ4n) is 1.57. The average Bonchev–Trinajstić information content (AvgIpc) is 2.74. The van der Waals surface area contributed by atoms with Gasteiger partial charge in [0.1, 0.15) is 0 Å². The summed E-state index contributed by atoms with van der Waals surface area (Å²) in [6, 6.07) is 23.0. The third-order valence-electron chi connectivity index (χ3n) is 2.30. The molecule has 1 radical (unpaired) electrons. The van der Waals surface area contributed by atoms with Gasteiger partial charge in [0.25, 0.3) is 0 Å². The summed E-state index contributed by atoms with van der Waals surface area (Å²) in [4.78, 5) is 1.16. The van der Waals surface area contributed by atoms with Gasteiger partial charge in [-0.15, -0.1) is 28.5 Å². The van der Waals surface area contributed by atoms with E-state index in [2.05, 4.69) is 36.4 Å². The van der Waals surface area contributed by atoms with E-state index < -0.39 is 0 Å². The molecule has 16 heavy (non-hydrogen) atoms. The van der Waals surface area contributed by atoms with Crippen LogP contribution in [-0.4, -0.2) is 0 Å². The second-order valence-electron chi connectivity index (χ2n) is 3.33. The molecule has 0 unspecified atom stereocenters. The van der Waals surface area contributed by atoms with Gasteiger partial charge < -0.3 is 0 Å². The number of thiophene rings is 1. The number of hydrogen-bond acceptors (Lipinski definition) is 1. The fraction of sp³-hybridized carbons (Fsp3) is 0. The molecule has 0 spiro atoms. The number of fused-ring (bicyclic) bond motifs is 1. The maximum atomic E-state index is 3.40. The first-order valence-corrected chi connectivity index (χ1v) is 5.63. The summed E-state index contributed by atoms with van der Waals surface area (Å²) in [5.41, 5.74) is 1.12. The molecule has 3 rings (SSSR count). The van der Waals surface area contributed by atoms with E-state index >= 15 is 0 Å². The molecule has 1 heterocycles. The summed E-state index contributed by atoms with van der Waals surface area (Å²) in [6.45, 7) is 0. The Kier molecular flexibility index (Phi) is 3.55. The standard InChI is InChI=1S/C14H8S.Ir/c1-2-6-11(7-3-1)14-10-12-8-4-5-9-13(12)15-14;/h1-6,8-9H;/q-2;. The minimum Gasteiger partial charge on any atom is -0.259 e. The number of rotatable bonds is 1. The van der Waals surface area contributed by atoms with Crippen LogP contribution >= 0.6 is 11.3 Å². The van der Waals surface area contributed by atoms with Gasteiger partial charge in [-0.05, 0) is 0 Å². The van der Waals surface area contributed by atoms with Crippen molar-refractivity contribution in [2.45, 2.75) is 0 Å². The van der Waals surface area contributed by atoms with E-state index in [0.29, 0.717) is 0 Å². The third kappa shape index (κ3) is 2.10. The molecule has 0 nitrogen and oxygen atoms in total. The van der Waals surface area contributed by atoms with Crippen molar-refractivity contribution in [3.05, 3.63) is 60.7 Å². The smallest absolute Gasteiger partial charge is 0 e. The van der Waals surface area contributed by atoms with Crippen molar-refractivity contribution in [1.82, 2.24) is 0 Å². The first-order chi connectivity index (χ1) is 7.43. The van der Waals surface area contributed by atoms with E-state index in [1.54, 1.807) is 11.3 Å². The molecule has 0 saturated carbocycles. The van der Waals surface area contributed by atoms with Crippen LogP contribution in [0, 0.1) is 12.1 Å². The summed E-state index contributed by atoms with van der Waals surface area (Å²) in [7, 11) is 0. The van der Waals surface area contributed by atoms with Crippen LogP contribution in [0.25, 0.3) is 20.5 Å². The van der Waals surface area contributed by atoms with E-state index in [1.165, 1.54) is 10.1 Å². The van der Waals surface area contributed by atoms with E-state index in [-0.39, 0.29) is 20.1 Å². The van der Waals surface area contributed by atoms with Crippen LogP contribution in [0.5, 0.6) is 0 Å². The second kappa shape index (κ2) is 4.92. The molecule has 0 aliphatic rings. The molecular weight excluding hydrogens is 392 g/mol. The molecule has 0 aliphatic carbocycles. The van der Waals surface area contributed by atoms with Crippen LogP contribution in [0.3, 0.4) is 0 Å². The molecule has 2 heteroatoms. The summed E-state index contributed by atoms with van der Waals surface area (Å²) < 4.78 is 1.28. The molecular formula is C14H8IrS-2. The zero-order chi connectivity index (χ0) is 10.1. The molecule has 3 aromatic rings. The van der Waals surface area contributed by atoms with Crippen molar-refractivity contribution >= 4 is 21.4 Å². The van der Waals surface area contributed by atoms with Crippen molar-refractivity contribution in [1.29, 1.82) is 0 Å². The Labute approximate surface area is 112 Å². The molecule has 0 saturated heterocycles. The van der Waals surface area contributed by atoms with Gasteiger partial charge in [0.2, 0.25) is 0 Å². The van der Waals surface area contributed by atoms with Crippen LogP contribution < -0.4 is 0 Å². The molecule has 0 fully saturated rings. The summed E-state index contributed by atoms with van der Waals surface area (Å²) in [6.07, 6.45) is 0. The topological polar surface area (TPSA) is 0 Å². The Morgan fingerprint density at radius 1 is 0.938 bits per heavy atom. The van der Waals surface area contributed by atoms with Crippen LogP contribution in [0.15, 0.2) is 48.5 Å². The SMILES string of the molecule is [Ir].[c-]1ccccc1-c1[c-]c2ccccc2s1.